The van der Waals surface area contributed by atoms with E-state index in [4.69, 9.17) is 9.47 Å². The van der Waals surface area contributed by atoms with Gasteiger partial charge in [0, 0.05) is 23.2 Å². The van der Waals surface area contributed by atoms with Crippen LogP contribution in [0.5, 0.6) is 17.2 Å². The summed E-state index contributed by atoms with van der Waals surface area (Å²) in [5.41, 5.74) is 1.29. The van der Waals surface area contributed by atoms with E-state index in [1.807, 2.05) is 42.5 Å². The monoisotopic (exact) mass is 307 g/mol. The van der Waals surface area contributed by atoms with Crippen molar-refractivity contribution in [3.05, 3.63) is 60.2 Å². The molecule has 0 bridgehead atoms. The summed E-state index contributed by atoms with van der Waals surface area (Å²) in [6.07, 6.45) is 1.62. The van der Waals surface area contributed by atoms with E-state index in [1.165, 1.54) is 0 Å². The predicted octanol–water partition coefficient (Wildman–Crippen LogP) is 4.31. The van der Waals surface area contributed by atoms with Crippen LogP contribution >= 0.6 is 0 Å². The molecule has 0 aliphatic rings. The Labute approximate surface area is 134 Å². The number of benzene rings is 3. The van der Waals surface area contributed by atoms with E-state index in [2.05, 4.69) is 4.99 Å². The van der Waals surface area contributed by atoms with Gasteiger partial charge in [0.25, 0.3) is 0 Å². The van der Waals surface area contributed by atoms with Crippen LogP contribution in [0, 0.1) is 0 Å². The number of rotatable bonds is 4. The van der Waals surface area contributed by atoms with Crippen LogP contribution in [0.4, 0.5) is 5.69 Å². The fraction of sp³-hybridized carbons (Fsp3) is 0.105. The van der Waals surface area contributed by atoms with Gasteiger partial charge in [0.2, 0.25) is 0 Å². The molecule has 3 aromatic rings. The van der Waals surface area contributed by atoms with E-state index < -0.39 is 0 Å². The lowest BCUT2D eigenvalue weighted by Crippen LogP contribution is -1.88. The van der Waals surface area contributed by atoms with Crippen molar-refractivity contribution in [2.45, 2.75) is 0 Å². The number of phenols is 1. The number of fused-ring (bicyclic) bond motifs is 1. The molecule has 116 valence electrons. The second kappa shape index (κ2) is 6.40. The Hall–Kier alpha value is -3.01. The maximum Gasteiger partial charge on any atom is 0.144 e. The molecule has 0 aliphatic heterocycles. The molecule has 0 atom stereocenters. The lowest BCUT2D eigenvalue weighted by molar-refractivity contribution is 0.404. The minimum Gasteiger partial charge on any atom is -0.507 e. The largest absolute Gasteiger partial charge is 0.507 e. The number of hydrogen-bond donors (Lipinski definition) is 1. The van der Waals surface area contributed by atoms with Crippen molar-refractivity contribution in [3.63, 3.8) is 0 Å². The second-order valence-corrected chi connectivity index (χ2v) is 5.02. The van der Waals surface area contributed by atoms with E-state index in [9.17, 15) is 5.11 Å². The van der Waals surface area contributed by atoms with Crippen molar-refractivity contribution in [3.8, 4) is 17.2 Å². The van der Waals surface area contributed by atoms with Crippen LogP contribution < -0.4 is 9.47 Å². The average Bonchev–Trinajstić information content (AvgIpc) is 2.61. The third kappa shape index (κ3) is 2.97. The fourth-order valence-corrected chi connectivity index (χ4v) is 2.41. The van der Waals surface area contributed by atoms with Crippen molar-refractivity contribution >= 4 is 22.7 Å². The number of aliphatic imine (C=N–C) groups is 1. The number of nitrogens with zero attached hydrogens (tertiary/aromatic N) is 1. The smallest absolute Gasteiger partial charge is 0.144 e. The molecule has 4 nitrogen and oxygen atoms in total. The number of hydrogen-bond acceptors (Lipinski definition) is 4. The highest BCUT2D eigenvalue weighted by atomic mass is 16.5. The van der Waals surface area contributed by atoms with Crippen LogP contribution in [-0.4, -0.2) is 25.5 Å². The Morgan fingerprint density at radius 1 is 0.957 bits per heavy atom. The molecule has 0 radical (unpaired) electrons. The third-order valence-electron chi connectivity index (χ3n) is 3.66. The molecule has 0 saturated heterocycles. The minimum absolute atomic E-state index is 0.216. The van der Waals surface area contributed by atoms with Crippen LogP contribution in [0.15, 0.2) is 59.6 Å². The molecule has 0 fully saturated rings. The number of methoxy groups -OCH3 is 2. The van der Waals surface area contributed by atoms with Gasteiger partial charge in [-0.15, -0.1) is 0 Å². The highest BCUT2D eigenvalue weighted by Gasteiger charge is 2.06. The van der Waals surface area contributed by atoms with E-state index in [-0.39, 0.29) is 5.75 Å². The lowest BCUT2D eigenvalue weighted by atomic mass is 10.1. The molecule has 3 rings (SSSR count). The summed E-state index contributed by atoms with van der Waals surface area (Å²) >= 11 is 0. The van der Waals surface area contributed by atoms with Crippen molar-refractivity contribution in [2.75, 3.05) is 14.2 Å². The van der Waals surface area contributed by atoms with Crippen LogP contribution in [0.2, 0.25) is 0 Å². The van der Waals surface area contributed by atoms with Gasteiger partial charge in [0.1, 0.15) is 22.9 Å². The fourth-order valence-electron chi connectivity index (χ4n) is 2.41. The molecule has 0 aliphatic carbocycles. The summed E-state index contributed by atoms with van der Waals surface area (Å²) < 4.78 is 10.5. The first-order chi connectivity index (χ1) is 11.2. The van der Waals surface area contributed by atoms with Gasteiger partial charge < -0.3 is 14.6 Å². The summed E-state index contributed by atoms with van der Waals surface area (Å²) in [5, 5.41) is 12.2. The Morgan fingerprint density at radius 2 is 1.78 bits per heavy atom. The van der Waals surface area contributed by atoms with E-state index in [0.29, 0.717) is 22.7 Å². The quantitative estimate of drug-likeness (QED) is 0.731. The van der Waals surface area contributed by atoms with Crippen LogP contribution in [-0.2, 0) is 0 Å². The zero-order chi connectivity index (χ0) is 16.2. The Kier molecular flexibility index (Phi) is 4.15. The maximum atomic E-state index is 10.4. The van der Waals surface area contributed by atoms with Gasteiger partial charge in [-0.2, -0.15) is 0 Å². The molecular formula is C19H17NO3. The highest BCUT2D eigenvalue weighted by Crippen LogP contribution is 2.32. The highest BCUT2D eigenvalue weighted by molar-refractivity contribution is 5.97. The molecule has 0 saturated carbocycles. The normalized spacial score (nSPS) is 11.0. The third-order valence-corrected chi connectivity index (χ3v) is 3.66. The molecule has 3 aromatic carbocycles. The summed E-state index contributed by atoms with van der Waals surface area (Å²) in [5.74, 6) is 1.55. The van der Waals surface area contributed by atoms with Gasteiger partial charge in [-0.1, -0.05) is 30.3 Å². The van der Waals surface area contributed by atoms with Gasteiger partial charge in [0.05, 0.1) is 14.2 Å². The van der Waals surface area contributed by atoms with Crippen molar-refractivity contribution < 1.29 is 14.6 Å². The number of phenolic OH excluding ortho intramolecular Hbond substituents is 1. The van der Waals surface area contributed by atoms with Gasteiger partial charge in [-0.05, 0) is 23.6 Å². The summed E-state index contributed by atoms with van der Waals surface area (Å²) in [6.45, 7) is 0. The van der Waals surface area contributed by atoms with E-state index in [0.717, 1.165) is 10.8 Å². The molecule has 0 spiro atoms. The van der Waals surface area contributed by atoms with E-state index in [1.54, 1.807) is 32.6 Å². The molecule has 4 heteroatoms. The minimum atomic E-state index is 0.216. The van der Waals surface area contributed by atoms with Gasteiger partial charge in [-0.3, -0.25) is 4.99 Å². The van der Waals surface area contributed by atoms with Gasteiger partial charge in [-0.25, -0.2) is 0 Å². The van der Waals surface area contributed by atoms with Gasteiger partial charge in [0.15, 0.2) is 0 Å². The standard InChI is InChI=1S/C19H17NO3/c1-22-15-9-10-18(23-2)17(11-15)20-12-14-8-7-13-5-3-4-6-16(13)19(14)21/h3-12,21H,1-2H3. The van der Waals surface area contributed by atoms with Crippen LogP contribution in [0.1, 0.15) is 5.56 Å². The molecule has 1 N–H and O–H groups in total. The SMILES string of the molecule is COc1ccc(OC)c(N=Cc2ccc3ccccc3c2O)c1. The topological polar surface area (TPSA) is 51.0 Å². The molecule has 0 unspecified atom stereocenters. The van der Waals surface area contributed by atoms with Gasteiger partial charge >= 0.3 is 0 Å². The molecule has 0 amide bonds. The summed E-state index contributed by atoms with van der Waals surface area (Å²) in [4.78, 5) is 4.43. The van der Waals surface area contributed by atoms with Crippen molar-refractivity contribution in [2.24, 2.45) is 4.99 Å². The summed E-state index contributed by atoms with van der Waals surface area (Å²) in [6, 6.07) is 16.9. The lowest BCUT2D eigenvalue weighted by Gasteiger charge is -2.07. The zero-order valence-corrected chi connectivity index (χ0v) is 13.0. The van der Waals surface area contributed by atoms with E-state index >= 15 is 0 Å². The molecule has 23 heavy (non-hydrogen) atoms. The molecule has 0 heterocycles. The number of aromatic hydroxyl groups is 1. The first kappa shape index (κ1) is 14.9. The molecule has 0 aromatic heterocycles. The Morgan fingerprint density at radius 3 is 2.57 bits per heavy atom. The summed E-state index contributed by atoms with van der Waals surface area (Å²) in [7, 11) is 3.19. The van der Waals surface area contributed by atoms with Crippen LogP contribution in [0.3, 0.4) is 0 Å². The Balaban J connectivity index is 2.02. The first-order valence-electron chi connectivity index (χ1n) is 7.19. The van der Waals surface area contributed by atoms with Crippen molar-refractivity contribution in [1.29, 1.82) is 0 Å². The van der Waals surface area contributed by atoms with Crippen molar-refractivity contribution in [1.82, 2.24) is 0 Å². The molecular weight excluding hydrogens is 290 g/mol. The first-order valence-corrected chi connectivity index (χ1v) is 7.19. The average molecular weight is 307 g/mol. The maximum absolute atomic E-state index is 10.4. The number of ether oxygens (including phenoxy) is 2. The second-order valence-electron chi connectivity index (χ2n) is 5.02. The van der Waals surface area contributed by atoms with Crippen LogP contribution in [0.25, 0.3) is 10.8 Å². The zero-order valence-electron chi connectivity index (χ0n) is 13.0. The Bertz CT molecular complexity index is 872. The predicted molar refractivity (Wildman–Crippen MR) is 92.4 cm³/mol.